The second-order valence-corrected chi connectivity index (χ2v) is 11.2. The highest BCUT2D eigenvalue weighted by Gasteiger charge is 2.36. The van der Waals surface area contributed by atoms with Gasteiger partial charge in [0.25, 0.3) is 15.9 Å². The highest BCUT2D eigenvalue weighted by Crippen LogP contribution is 2.27. The first-order valence-electron chi connectivity index (χ1n) is 10.9. The number of piperidine rings is 2. The standard InChI is InChI=1S/C21H30N2O7S2/c1-3-29-20(25)16-6-10-22(11-7-16)19(24)15(2)30-21(26)17-8-12-23(13-9-17)32(27,28)18-5-4-14-31-18/h4-5,14-17H,3,6-13H2,1-2H3/t15-/m1/s1. The third-order valence-electron chi connectivity index (χ3n) is 5.94. The van der Waals surface area contributed by atoms with E-state index in [1.54, 1.807) is 36.3 Å². The lowest BCUT2D eigenvalue weighted by atomic mass is 9.96. The molecule has 0 aliphatic carbocycles. The van der Waals surface area contributed by atoms with Crippen molar-refractivity contribution < 1.29 is 32.3 Å². The number of thiophene rings is 1. The molecule has 0 N–H and O–H groups in total. The van der Waals surface area contributed by atoms with Crippen molar-refractivity contribution in [1.82, 2.24) is 9.21 Å². The Morgan fingerprint density at radius 1 is 1.06 bits per heavy atom. The van der Waals surface area contributed by atoms with Crippen molar-refractivity contribution in [2.75, 3.05) is 32.8 Å². The van der Waals surface area contributed by atoms with Crippen molar-refractivity contribution in [2.24, 2.45) is 11.8 Å². The van der Waals surface area contributed by atoms with Gasteiger partial charge < -0.3 is 14.4 Å². The number of hydrogen-bond acceptors (Lipinski definition) is 8. The van der Waals surface area contributed by atoms with Gasteiger partial charge in [-0.1, -0.05) is 6.07 Å². The molecule has 2 aliphatic heterocycles. The molecule has 0 aromatic carbocycles. The molecule has 0 saturated carbocycles. The van der Waals surface area contributed by atoms with Crippen molar-refractivity contribution in [3.05, 3.63) is 17.5 Å². The van der Waals surface area contributed by atoms with Gasteiger partial charge >= 0.3 is 11.9 Å². The maximum absolute atomic E-state index is 12.7. The van der Waals surface area contributed by atoms with Crippen LogP contribution in [0.25, 0.3) is 0 Å². The Labute approximate surface area is 192 Å². The molecule has 3 rings (SSSR count). The molecule has 3 heterocycles. The lowest BCUT2D eigenvalue weighted by molar-refractivity contribution is -0.164. The molecule has 0 radical (unpaired) electrons. The number of carbonyl (C=O) groups excluding carboxylic acids is 3. The van der Waals surface area contributed by atoms with E-state index in [-0.39, 0.29) is 30.9 Å². The van der Waals surface area contributed by atoms with Gasteiger partial charge in [0, 0.05) is 26.2 Å². The Bertz CT molecular complexity index is 901. The largest absolute Gasteiger partial charge is 0.466 e. The van der Waals surface area contributed by atoms with E-state index in [0.29, 0.717) is 49.6 Å². The average Bonchev–Trinajstić information content (AvgIpc) is 3.35. The minimum Gasteiger partial charge on any atom is -0.466 e. The van der Waals surface area contributed by atoms with Gasteiger partial charge in [-0.25, -0.2) is 8.42 Å². The minimum absolute atomic E-state index is 0.201. The minimum atomic E-state index is -3.53. The molecule has 0 spiro atoms. The monoisotopic (exact) mass is 486 g/mol. The zero-order valence-corrected chi connectivity index (χ0v) is 20.0. The van der Waals surface area contributed by atoms with E-state index < -0.39 is 28.0 Å². The molecule has 0 bridgehead atoms. The van der Waals surface area contributed by atoms with Crippen molar-refractivity contribution in [2.45, 2.75) is 49.8 Å². The number of sulfonamides is 1. The van der Waals surface area contributed by atoms with E-state index in [0.717, 1.165) is 0 Å². The van der Waals surface area contributed by atoms with Crippen LogP contribution in [-0.2, 0) is 33.9 Å². The van der Waals surface area contributed by atoms with Crippen molar-refractivity contribution in [1.29, 1.82) is 0 Å². The van der Waals surface area contributed by atoms with E-state index >= 15 is 0 Å². The van der Waals surface area contributed by atoms with E-state index in [1.165, 1.54) is 15.6 Å². The number of hydrogen-bond donors (Lipinski definition) is 0. The molecule has 2 saturated heterocycles. The Balaban J connectivity index is 1.45. The Morgan fingerprint density at radius 2 is 1.66 bits per heavy atom. The summed E-state index contributed by atoms with van der Waals surface area (Å²) >= 11 is 1.17. The molecule has 0 unspecified atom stereocenters. The van der Waals surface area contributed by atoms with Gasteiger partial charge in [0.15, 0.2) is 6.10 Å². The lowest BCUT2D eigenvalue weighted by Crippen LogP contribution is -2.46. The van der Waals surface area contributed by atoms with E-state index in [2.05, 4.69) is 0 Å². The predicted molar refractivity (Wildman–Crippen MR) is 117 cm³/mol. The summed E-state index contributed by atoms with van der Waals surface area (Å²) in [5.41, 5.74) is 0. The molecule has 11 heteroatoms. The highest BCUT2D eigenvalue weighted by atomic mass is 32.2. The van der Waals surface area contributed by atoms with Crippen LogP contribution in [0.1, 0.15) is 39.5 Å². The Hall–Kier alpha value is -1.98. The fraction of sp³-hybridized carbons (Fsp3) is 0.667. The van der Waals surface area contributed by atoms with Gasteiger partial charge in [-0.05, 0) is 51.0 Å². The number of amides is 1. The van der Waals surface area contributed by atoms with Gasteiger partial charge in [-0.3, -0.25) is 14.4 Å². The SMILES string of the molecule is CCOC(=O)C1CCN(C(=O)[C@@H](C)OC(=O)C2CCN(S(=O)(=O)c3cccs3)CC2)CC1. The quantitative estimate of drug-likeness (QED) is 0.541. The number of ether oxygens (including phenoxy) is 2. The van der Waals surface area contributed by atoms with Crippen molar-refractivity contribution >= 4 is 39.2 Å². The topological polar surface area (TPSA) is 110 Å². The third-order valence-corrected chi connectivity index (χ3v) is 9.22. The summed E-state index contributed by atoms with van der Waals surface area (Å²) in [5.74, 6) is -1.62. The van der Waals surface area contributed by atoms with Gasteiger partial charge in [0.05, 0.1) is 18.4 Å². The summed E-state index contributed by atoms with van der Waals surface area (Å²) in [7, 11) is -3.53. The van der Waals surface area contributed by atoms with Gasteiger partial charge in [0.1, 0.15) is 4.21 Å². The fourth-order valence-electron chi connectivity index (χ4n) is 4.04. The average molecular weight is 487 g/mol. The number of carbonyl (C=O) groups is 3. The first-order valence-corrected chi connectivity index (χ1v) is 13.3. The van der Waals surface area contributed by atoms with Crippen LogP contribution >= 0.6 is 11.3 Å². The summed E-state index contributed by atoms with van der Waals surface area (Å²) < 4.78 is 37.4. The smallest absolute Gasteiger partial charge is 0.309 e. The summed E-state index contributed by atoms with van der Waals surface area (Å²) in [6, 6.07) is 3.27. The zero-order valence-electron chi connectivity index (χ0n) is 18.4. The summed E-state index contributed by atoms with van der Waals surface area (Å²) in [6.07, 6.45) is 0.851. The van der Waals surface area contributed by atoms with Crippen LogP contribution < -0.4 is 0 Å². The Kier molecular flexibility index (Phi) is 8.29. The van der Waals surface area contributed by atoms with Gasteiger partial charge in [-0.2, -0.15) is 4.31 Å². The molecule has 2 aliphatic rings. The molecule has 32 heavy (non-hydrogen) atoms. The fourth-order valence-corrected chi connectivity index (χ4v) is 6.66. The van der Waals surface area contributed by atoms with Gasteiger partial charge in [0.2, 0.25) is 0 Å². The maximum Gasteiger partial charge on any atom is 0.309 e. The molecular formula is C21H30N2O7S2. The lowest BCUT2D eigenvalue weighted by Gasteiger charge is -2.33. The normalized spacial score (nSPS) is 20.0. The van der Waals surface area contributed by atoms with Crippen molar-refractivity contribution in [3.63, 3.8) is 0 Å². The second kappa shape index (κ2) is 10.8. The predicted octanol–water partition coefficient (Wildman–Crippen LogP) is 1.88. The molecular weight excluding hydrogens is 456 g/mol. The molecule has 2 fully saturated rings. The molecule has 1 aromatic rings. The first kappa shape index (κ1) is 24.7. The zero-order chi connectivity index (χ0) is 23.3. The third kappa shape index (κ3) is 5.68. The first-order chi connectivity index (χ1) is 15.2. The Morgan fingerprint density at radius 3 is 2.22 bits per heavy atom. The molecule has 9 nitrogen and oxygen atoms in total. The number of nitrogens with zero attached hydrogens (tertiary/aromatic N) is 2. The molecule has 1 aromatic heterocycles. The van der Waals surface area contributed by atoms with Crippen LogP contribution in [0.3, 0.4) is 0 Å². The maximum atomic E-state index is 12.7. The van der Waals surface area contributed by atoms with Crippen LogP contribution in [0.4, 0.5) is 0 Å². The van der Waals surface area contributed by atoms with Crippen LogP contribution in [0.15, 0.2) is 21.7 Å². The number of esters is 2. The number of rotatable bonds is 7. The van der Waals surface area contributed by atoms with E-state index in [1.807, 2.05) is 0 Å². The molecule has 1 amide bonds. The van der Waals surface area contributed by atoms with Crippen LogP contribution in [0, 0.1) is 11.8 Å². The van der Waals surface area contributed by atoms with Crippen molar-refractivity contribution in [3.8, 4) is 0 Å². The van der Waals surface area contributed by atoms with Crippen LogP contribution in [-0.4, -0.2) is 74.4 Å². The van der Waals surface area contributed by atoms with Crippen LogP contribution in [0.5, 0.6) is 0 Å². The summed E-state index contributed by atoms with van der Waals surface area (Å²) in [6.45, 7) is 4.97. The summed E-state index contributed by atoms with van der Waals surface area (Å²) in [5, 5.41) is 1.72. The second-order valence-electron chi connectivity index (χ2n) is 8.04. The highest BCUT2D eigenvalue weighted by molar-refractivity contribution is 7.91. The molecule has 178 valence electrons. The van der Waals surface area contributed by atoms with E-state index in [4.69, 9.17) is 9.47 Å². The number of likely N-dealkylation sites (tertiary alicyclic amines) is 1. The van der Waals surface area contributed by atoms with E-state index in [9.17, 15) is 22.8 Å². The van der Waals surface area contributed by atoms with Gasteiger partial charge in [-0.15, -0.1) is 11.3 Å². The summed E-state index contributed by atoms with van der Waals surface area (Å²) in [4.78, 5) is 38.7. The van der Waals surface area contributed by atoms with Crippen LogP contribution in [0.2, 0.25) is 0 Å². The molecule has 1 atom stereocenters.